The first-order chi connectivity index (χ1) is 14.6. The Bertz CT molecular complexity index is 913. The zero-order chi connectivity index (χ0) is 23.1. The molecule has 0 fully saturated rings. The third-order valence-corrected chi connectivity index (χ3v) is 5.67. The average Bonchev–Trinajstić information content (AvgIpc) is 2.70. The van der Waals surface area contributed by atoms with E-state index in [2.05, 4.69) is 5.32 Å². The van der Waals surface area contributed by atoms with Gasteiger partial charge in [-0.3, -0.25) is 9.59 Å². The van der Waals surface area contributed by atoms with Gasteiger partial charge < -0.3 is 15.0 Å². The maximum Gasteiger partial charge on any atom is 0.261 e. The maximum absolute atomic E-state index is 13.1. The second-order valence-electron chi connectivity index (χ2n) is 7.86. The molecular formula is C24H30Cl2N2O3. The lowest BCUT2D eigenvalue weighted by Gasteiger charge is -2.30. The zero-order valence-electron chi connectivity index (χ0n) is 18.7. The van der Waals surface area contributed by atoms with Gasteiger partial charge >= 0.3 is 0 Å². The fourth-order valence-corrected chi connectivity index (χ4v) is 3.59. The molecule has 0 aliphatic rings. The van der Waals surface area contributed by atoms with E-state index < -0.39 is 6.04 Å². The van der Waals surface area contributed by atoms with Gasteiger partial charge in [0.15, 0.2) is 6.61 Å². The molecule has 2 amide bonds. The van der Waals surface area contributed by atoms with Gasteiger partial charge in [-0.05, 0) is 75.1 Å². The highest BCUT2D eigenvalue weighted by Crippen LogP contribution is 2.23. The number of rotatable bonds is 9. The Balaban J connectivity index is 2.22. The number of hydrogen-bond acceptors (Lipinski definition) is 3. The molecule has 0 saturated heterocycles. The van der Waals surface area contributed by atoms with E-state index in [0.717, 1.165) is 17.5 Å². The fourth-order valence-electron chi connectivity index (χ4n) is 3.13. The molecule has 0 unspecified atom stereocenters. The van der Waals surface area contributed by atoms with Gasteiger partial charge in [0, 0.05) is 22.6 Å². The lowest BCUT2D eigenvalue weighted by molar-refractivity contribution is -0.142. The largest absolute Gasteiger partial charge is 0.484 e. The molecule has 0 radical (unpaired) electrons. The first-order valence-electron chi connectivity index (χ1n) is 10.4. The van der Waals surface area contributed by atoms with Gasteiger partial charge in [-0.1, -0.05) is 42.3 Å². The van der Waals surface area contributed by atoms with Crippen molar-refractivity contribution in [2.75, 3.05) is 6.61 Å². The molecule has 0 spiro atoms. The van der Waals surface area contributed by atoms with Crippen LogP contribution >= 0.6 is 23.2 Å². The number of carbonyl (C=O) groups excluding carboxylic acids is 2. The number of amides is 2. The van der Waals surface area contributed by atoms with Crippen LogP contribution in [0.25, 0.3) is 0 Å². The quantitative estimate of drug-likeness (QED) is 0.545. The van der Waals surface area contributed by atoms with E-state index in [1.165, 1.54) is 4.90 Å². The predicted octanol–water partition coefficient (Wildman–Crippen LogP) is 5.32. The third kappa shape index (κ3) is 7.44. The molecule has 0 bridgehead atoms. The van der Waals surface area contributed by atoms with Gasteiger partial charge in [0.05, 0.1) is 0 Å². The molecule has 0 aliphatic heterocycles. The van der Waals surface area contributed by atoms with Gasteiger partial charge in [-0.2, -0.15) is 0 Å². The topological polar surface area (TPSA) is 58.6 Å². The Morgan fingerprint density at radius 2 is 1.71 bits per heavy atom. The summed E-state index contributed by atoms with van der Waals surface area (Å²) in [7, 11) is 0. The van der Waals surface area contributed by atoms with E-state index >= 15 is 0 Å². The minimum Gasteiger partial charge on any atom is -0.484 e. The Labute approximate surface area is 194 Å². The molecule has 5 nitrogen and oxygen atoms in total. The Hall–Kier alpha value is -2.24. The van der Waals surface area contributed by atoms with Crippen molar-refractivity contribution in [2.24, 2.45) is 0 Å². The van der Waals surface area contributed by atoms with E-state index in [-0.39, 0.29) is 31.0 Å². The Kier molecular flexibility index (Phi) is 9.20. The monoisotopic (exact) mass is 464 g/mol. The summed E-state index contributed by atoms with van der Waals surface area (Å²) in [6.45, 7) is 9.54. The molecule has 2 atom stereocenters. The summed E-state index contributed by atoms with van der Waals surface area (Å²) >= 11 is 12.3. The molecular weight excluding hydrogens is 435 g/mol. The normalized spacial score (nSPS) is 12.7. The minimum absolute atomic E-state index is 0.0116. The molecule has 0 saturated carbocycles. The van der Waals surface area contributed by atoms with Crippen molar-refractivity contribution in [3.8, 4) is 5.75 Å². The number of halogens is 2. The Morgan fingerprint density at radius 3 is 2.29 bits per heavy atom. The van der Waals surface area contributed by atoms with Crippen LogP contribution in [-0.4, -0.2) is 35.4 Å². The smallest absolute Gasteiger partial charge is 0.261 e. The van der Waals surface area contributed by atoms with Gasteiger partial charge in [0.1, 0.15) is 11.8 Å². The summed E-state index contributed by atoms with van der Waals surface area (Å²) in [5.41, 5.74) is 2.80. The van der Waals surface area contributed by atoms with Crippen LogP contribution in [0.1, 0.15) is 43.9 Å². The number of nitrogens with zero attached hydrogens (tertiary/aromatic N) is 1. The number of hydrogen-bond donors (Lipinski definition) is 1. The van der Waals surface area contributed by atoms with Crippen molar-refractivity contribution in [2.45, 2.75) is 59.7 Å². The number of aryl methyl sites for hydroxylation is 2. The molecule has 168 valence electrons. The van der Waals surface area contributed by atoms with E-state index in [1.54, 1.807) is 25.1 Å². The average molecular weight is 465 g/mol. The number of benzene rings is 2. The van der Waals surface area contributed by atoms with Gasteiger partial charge in [0.25, 0.3) is 5.91 Å². The van der Waals surface area contributed by atoms with E-state index in [1.807, 2.05) is 45.9 Å². The lowest BCUT2D eigenvalue weighted by atomic mass is 10.1. The summed E-state index contributed by atoms with van der Waals surface area (Å²) in [6.07, 6.45) is 0.797. The molecule has 2 aromatic carbocycles. The number of nitrogens with one attached hydrogen (secondary N) is 1. The van der Waals surface area contributed by atoms with Crippen LogP contribution in [0.2, 0.25) is 10.0 Å². The first-order valence-corrected chi connectivity index (χ1v) is 11.1. The van der Waals surface area contributed by atoms with Crippen LogP contribution in [-0.2, 0) is 16.1 Å². The van der Waals surface area contributed by atoms with Crippen LogP contribution < -0.4 is 10.1 Å². The van der Waals surface area contributed by atoms with Crippen molar-refractivity contribution in [3.05, 3.63) is 63.1 Å². The summed E-state index contributed by atoms with van der Waals surface area (Å²) in [5.74, 6) is 0.0863. The van der Waals surface area contributed by atoms with Crippen molar-refractivity contribution in [3.63, 3.8) is 0 Å². The van der Waals surface area contributed by atoms with Crippen molar-refractivity contribution < 1.29 is 14.3 Å². The van der Waals surface area contributed by atoms with Gasteiger partial charge in [0.2, 0.25) is 5.91 Å². The third-order valence-electron chi connectivity index (χ3n) is 5.08. The maximum atomic E-state index is 13.1. The Morgan fingerprint density at radius 1 is 1.06 bits per heavy atom. The standard InChI is InChI=1S/C24H30Cl2N2O3/c1-6-17(4)27-24(30)18(5)28(13-19-7-8-20(25)12-22(19)26)23(29)14-31-21-10-15(2)9-16(3)11-21/h7-12,17-18H,6,13-14H2,1-5H3,(H,27,30)/t17-,18-/m1/s1. The summed E-state index contributed by atoms with van der Waals surface area (Å²) in [6, 6.07) is 10.2. The summed E-state index contributed by atoms with van der Waals surface area (Å²) < 4.78 is 5.75. The minimum atomic E-state index is -0.698. The van der Waals surface area contributed by atoms with Crippen molar-refractivity contribution in [1.82, 2.24) is 10.2 Å². The molecule has 0 aromatic heterocycles. The van der Waals surface area contributed by atoms with E-state index in [4.69, 9.17) is 27.9 Å². The van der Waals surface area contributed by atoms with Crippen LogP contribution in [0.5, 0.6) is 5.75 Å². The van der Waals surface area contributed by atoms with Crippen LogP contribution in [0.15, 0.2) is 36.4 Å². The van der Waals surface area contributed by atoms with Crippen molar-refractivity contribution in [1.29, 1.82) is 0 Å². The number of ether oxygens (including phenoxy) is 1. The highest BCUT2D eigenvalue weighted by atomic mass is 35.5. The zero-order valence-corrected chi connectivity index (χ0v) is 20.2. The summed E-state index contributed by atoms with van der Waals surface area (Å²) in [4.78, 5) is 27.4. The molecule has 0 heterocycles. The van der Waals surface area contributed by atoms with Gasteiger partial charge in [-0.25, -0.2) is 0 Å². The van der Waals surface area contributed by atoms with Crippen LogP contribution in [0, 0.1) is 13.8 Å². The molecule has 2 rings (SSSR count). The highest BCUT2D eigenvalue weighted by Gasteiger charge is 2.27. The van der Waals surface area contributed by atoms with Crippen molar-refractivity contribution >= 4 is 35.0 Å². The molecule has 2 aromatic rings. The SMILES string of the molecule is CC[C@@H](C)NC(=O)[C@@H](C)N(Cc1ccc(Cl)cc1Cl)C(=O)COc1cc(C)cc(C)c1. The van der Waals surface area contributed by atoms with Gasteiger partial charge in [-0.15, -0.1) is 0 Å². The highest BCUT2D eigenvalue weighted by molar-refractivity contribution is 6.35. The lowest BCUT2D eigenvalue weighted by Crippen LogP contribution is -2.50. The molecule has 31 heavy (non-hydrogen) atoms. The number of carbonyl (C=O) groups is 2. The van der Waals surface area contributed by atoms with E-state index in [9.17, 15) is 9.59 Å². The molecule has 7 heteroatoms. The second-order valence-corrected chi connectivity index (χ2v) is 8.71. The molecule has 1 N–H and O–H groups in total. The fraction of sp³-hybridized carbons (Fsp3) is 0.417. The van der Waals surface area contributed by atoms with Crippen LogP contribution in [0.4, 0.5) is 0 Å². The predicted molar refractivity (Wildman–Crippen MR) is 126 cm³/mol. The first kappa shape index (κ1) is 25.0. The molecule has 0 aliphatic carbocycles. The van der Waals surface area contributed by atoms with Crippen LogP contribution in [0.3, 0.4) is 0 Å². The second kappa shape index (κ2) is 11.4. The summed E-state index contributed by atoms with van der Waals surface area (Å²) in [5, 5.41) is 3.88. The van der Waals surface area contributed by atoms with E-state index in [0.29, 0.717) is 21.4 Å².